The number of likely N-dealkylation sites (tertiary alicyclic amines) is 1. The highest BCUT2D eigenvalue weighted by molar-refractivity contribution is 7.88. The van der Waals surface area contributed by atoms with Gasteiger partial charge in [0.15, 0.2) is 0 Å². The molecule has 2 unspecified atom stereocenters. The number of carbonyl (C=O) groups excluding carboxylic acids is 1. The molecule has 0 aromatic heterocycles. The van der Waals surface area contributed by atoms with E-state index in [1.54, 1.807) is 11.0 Å². The molecule has 1 amide bonds. The van der Waals surface area contributed by atoms with E-state index in [0.717, 1.165) is 22.9 Å². The van der Waals surface area contributed by atoms with Gasteiger partial charge in [0, 0.05) is 18.5 Å². The lowest BCUT2D eigenvalue weighted by Crippen LogP contribution is -2.48. The summed E-state index contributed by atoms with van der Waals surface area (Å²) >= 11 is 0. The summed E-state index contributed by atoms with van der Waals surface area (Å²) in [5.74, 6) is -0.433. The molecule has 5 nitrogen and oxygen atoms in total. The second-order valence-electron chi connectivity index (χ2n) is 7.95. The number of nitrogens with zero attached hydrogens (tertiary/aromatic N) is 1. The van der Waals surface area contributed by atoms with Gasteiger partial charge in [0.05, 0.1) is 12.3 Å². The van der Waals surface area contributed by atoms with Crippen molar-refractivity contribution in [2.24, 2.45) is 5.92 Å². The van der Waals surface area contributed by atoms with E-state index in [0.29, 0.717) is 19.4 Å². The van der Waals surface area contributed by atoms with Crippen molar-refractivity contribution >= 4 is 15.9 Å². The number of hydrogen-bond donors (Lipinski definition) is 1. The summed E-state index contributed by atoms with van der Waals surface area (Å²) in [4.78, 5) is 14.5. The van der Waals surface area contributed by atoms with Crippen LogP contribution in [-0.4, -0.2) is 44.1 Å². The average molecular weight is 419 g/mol. The van der Waals surface area contributed by atoms with Gasteiger partial charge in [-0.15, -0.1) is 0 Å². The summed E-state index contributed by atoms with van der Waals surface area (Å²) in [6, 6.07) is 13.6. The maximum atomic E-state index is 13.6. The first-order chi connectivity index (χ1) is 13.6. The van der Waals surface area contributed by atoms with E-state index in [1.165, 1.54) is 12.1 Å². The Bertz CT molecular complexity index is 991. The molecule has 3 rings (SSSR count). The monoisotopic (exact) mass is 418 g/mol. The topological polar surface area (TPSA) is 66.5 Å². The van der Waals surface area contributed by atoms with Gasteiger partial charge in [0.1, 0.15) is 5.82 Å². The molecular weight excluding hydrogens is 391 g/mol. The Morgan fingerprint density at radius 3 is 2.45 bits per heavy atom. The lowest BCUT2D eigenvalue weighted by molar-refractivity contribution is -0.135. The summed E-state index contributed by atoms with van der Waals surface area (Å²) in [6.07, 6.45) is 2.25. The molecular formula is C22H27FN2O3S. The van der Waals surface area contributed by atoms with Gasteiger partial charge in [-0.3, -0.25) is 4.79 Å². The molecule has 0 aliphatic carbocycles. The fraction of sp³-hybridized carbons (Fsp3) is 0.409. The van der Waals surface area contributed by atoms with Crippen LogP contribution in [0.5, 0.6) is 0 Å². The third-order valence-electron chi connectivity index (χ3n) is 5.22. The summed E-state index contributed by atoms with van der Waals surface area (Å²) in [5.41, 5.74) is 2.63. The second-order valence-corrected chi connectivity index (χ2v) is 9.73. The van der Waals surface area contributed by atoms with Crippen LogP contribution < -0.4 is 4.72 Å². The van der Waals surface area contributed by atoms with Crippen molar-refractivity contribution in [3.63, 3.8) is 0 Å². The molecule has 29 heavy (non-hydrogen) atoms. The zero-order valence-electron chi connectivity index (χ0n) is 16.9. The number of nitrogens with one attached hydrogen (secondary N) is 1. The largest absolute Gasteiger partial charge is 0.337 e. The minimum absolute atomic E-state index is 0.0223. The predicted octanol–water partition coefficient (Wildman–Crippen LogP) is 3.21. The van der Waals surface area contributed by atoms with E-state index in [4.69, 9.17) is 0 Å². The summed E-state index contributed by atoms with van der Waals surface area (Å²) < 4.78 is 39.9. The molecule has 156 valence electrons. The molecule has 0 saturated carbocycles. The standard InChI is InChI=1S/C22H27FN2O3S/c1-15(2)22(26)25-11-10-20(24-29(3,27)28)21(25)13-16-6-4-7-17(12-16)18-8-5-9-19(23)14-18/h4-9,12,14-15,20-21,24H,10-11,13H2,1-3H3. The van der Waals surface area contributed by atoms with Crippen LogP contribution in [-0.2, 0) is 21.2 Å². The first-order valence-electron chi connectivity index (χ1n) is 9.77. The van der Waals surface area contributed by atoms with Crippen molar-refractivity contribution in [2.45, 2.75) is 38.8 Å². The van der Waals surface area contributed by atoms with E-state index in [9.17, 15) is 17.6 Å². The third kappa shape index (κ3) is 5.42. The Hall–Kier alpha value is -2.25. The van der Waals surface area contributed by atoms with E-state index in [2.05, 4.69) is 4.72 Å². The molecule has 1 saturated heterocycles. The van der Waals surface area contributed by atoms with Crippen LogP contribution in [0.3, 0.4) is 0 Å². The van der Waals surface area contributed by atoms with Gasteiger partial charge in [-0.1, -0.05) is 50.2 Å². The maximum absolute atomic E-state index is 13.6. The van der Waals surface area contributed by atoms with Crippen LogP contribution in [0, 0.1) is 11.7 Å². The van der Waals surface area contributed by atoms with Crippen molar-refractivity contribution in [1.29, 1.82) is 0 Å². The maximum Gasteiger partial charge on any atom is 0.225 e. The van der Waals surface area contributed by atoms with Crippen molar-refractivity contribution in [3.8, 4) is 11.1 Å². The highest BCUT2D eigenvalue weighted by Gasteiger charge is 2.38. The molecule has 2 atom stereocenters. The Morgan fingerprint density at radius 1 is 1.17 bits per heavy atom. The van der Waals surface area contributed by atoms with Gasteiger partial charge in [0.25, 0.3) is 0 Å². The Labute approximate surface area is 172 Å². The van der Waals surface area contributed by atoms with Crippen molar-refractivity contribution in [3.05, 3.63) is 59.9 Å². The summed E-state index contributed by atoms with van der Waals surface area (Å²) in [7, 11) is -3.39. The van der Waals surface area contributed by atoms with Crippen LogP contribution in [0.1, 0.15) is 25.8 Å². The summed E-state index contributed by atoms with van der Waals surface area (Å²) in [6.45, 7) is 4.22. The molecule has 0 radical (unpaired) electrons. The molecule has 7 heteroatoms. The number of amides is 1. The number of hydrogen-bond acceptors (Lipinski definition) is 3. The smallest absolute Gasteiger partial charge is 0.225 e. The average Bonchev–Trinajstić information content (AvgIpc) is 3.01. The Morgan fingerprint density at radius 2 is 1.83 bits per heavy atom. The minimum Gasteiger partial charge on any atom is -0.337 e. The number of sulfonamides is 1. The van der Waals surface area contributed by atoms with Gasteiger partial charge in [-0.05, 0) is 41.7 Å². The number of rotatable bonds is 6. The zero-order valence-corrected chi connectivity index (χ0v) is 17.7. The number of benzene rings is 2. The van der Waals surface area contributed by atoms with Gasteiger partial charge >= 0.3 is 0 Å². The van der Waals surface area contributed by atoms with Crippen molar-refractivity contribution < 1.29 is 17.6 Å². The van der Waals surface area contributed by atoms with E-state index >= 15 is 0 Å². The number of halogens is 1. The molecule has 2 aromatic rings. The van der Waals surface area contributed by atoms with Crippen LogP contribution in [0.15, 0.2) is 48.5 Å². The van der Waals surface area contributed by atoms with Crippen LogP contribution >= 0.6 is 0 Å². The SMILES string of the molecule is CC(C)C(=O)N1CCC(NS(C)(=O)=O)C1Cc1cccc(-c2cccc(F)c2)c1. The van der Waals surface area contributed by atoms with E-state index in [1.807, 2.05) is 44.2 Å². The Kier molecular flexibility index (Phi) is 6.39. The van der Waals surface area contributed by atoms with Crippen LogP contribution in [0.4, 0.5) is 4.39 Å². The predicted molar refractivity (Wildman–Crippen MR) is 112 cm³/mol. The van der Waals surface area contributed by atoms with Gasteiger partial charge in [0.2, 0.25) is 15.9 Å². The van der Waals surface area contributed by atoms with Crippen molar-refractivity contribution in [2.75, 3.05) is 12.8 Å². The molecule has 2 aromatic carbocycles. The number of carbonyl (C=O) groups is 1. The zero-order chi connectivity index (χ0) is 21.2. The van der Waals surface area contributed by atoms with E-state index < -0.39 is 10.0 Å². The van der Waals surface area contributed by atoms with Crippen LogP contribution in [0.25, 0.3) is 11.1 Å². The molecule has 1 N–H and O–H groups in total. The van der Waals surface area contributed by atoms with Gasteiger partial charge < -0.3 is 4.90 Å². The fourth-order valence-corrected chi connectivity index (χ4v) is 4.74. The molecule has 1 fully saturated rings. The van der Waals surface area contributed by atoms with Gasteiger partial charge in [-0.25, -0.2) is 17.5 Å². The fourth-order valence-electron chi connectivity index (χ4n) is 3.91. The third-order valence-corrected chi connectivity index (χ3v) is 5.95. The highest BCUT2D eigenvalue weighted by atomic mass is 32.2. The van der Waals surface area contributed by atoms with Crippen molar-refractivity contribution in [1.82, 2.24) is 9.62 Å². The normalized spacial score (nSPS) is 19.7. The molecule has 1 aliphatic rings. The van der Waals surface area contributed by atoms with E-state index in [-0.39, 0.29) is 29.7 Å². The highest BCUT2D eigenvalue weighted by Crippen LogP contribution is 2.27. The lowest BCUT2D eigenvalue weighted by atomic mass is 9.96. The Balaban J connectivity index is 1.89. The molecule has 0 spiro atoms. The molecule has 1 aliphatic heterocycles. The molecule has 0 bridgehead atoms. The quantitative estimate of drug-likeness (QED) is 0.783. The second kappa shape index (κ2) is 8.63. The minimum atomic E-state index is -3.39. The lowest BCUT2D eigenvalue weighted by Gasteiger charge is -2.30. The molecule has 1 heterocycles. The first kappa shape index (κ1) is 21.5. The summed E-state index contributed by atoms with van der Waals surface area (Å²) in [5, 5.41) is 0. The van der Waals surface area contributed by atoms with Crippen LogP contribution in [0.2, 0.25) is 0 Å². The first-order valence-corrected chi connectivity index (χ1v) is 11.7. The van der Waals surface area contributed by atoms with Gasteiger partial charge in [-0.2, -0.15) is 0 Å².